The highest BCUT2D eigenvalue weighted by Gasteiger charge is 2.13. The molecule has 1 aliphatic heterocycles. The Kier molecular flexibility index (Phi) is 5.21. The number of fused-ring (bicyclic) bond motifs is 1. The minimum absolute atomic E-state index is 0.300. The zero-order chi connectivity index (χ0) is 16.8. The summed E-state index contributed by atoms with van der Waals surface area (Å²) in [5.41, 5.74) is 3.74. The molecule has 2 aromatic rings. The third-order valence-electron chi connectivity index (χ3n) is 3.91. The molecular formula is C19H23N3O2. The van der Waals surface area contributed by atoms with Gasteiger partial charge in [-0.3, -0.25) is 4.99 Å². The summed E-state index contributed by atoms with van der Waals surface area (Å²) in [5, 5.41) is 6.66. The number of nitrogens with zero attached hydrogens (tertiary/aromatic N) is 1. The van der Waals surface area contributed by atoms with Crippen molar-refractivity contribution in [3.63, 3.8) is 0 Å². The average Bonchev–Trinajstić information content (AvgIpc) is 3.05. The molecule has 0 fully saturated rings. The molecule has 5 nitrogen and oxygen atoms in total. The van der Waals surface area contributed by atoms with Gasteiger partial charge in [-0.05, 0) is 36.6 Å². The Labute approximate surface area is 142 Å². The summed E-state index contributed by atoms with van der Waals surface area (Å²) < 4.78 is 10.7. The lowest BCUT2D eigenvalue weighted by Crippen LogP contribution is -2.37. The van der Waals surface area contributed by atoms with Crippen molar-refractivity contribution in [2.24, 2.45) is 4.99 Å². The maximum absolute atomic E-state index is 5.40. The topological polar surface area (TPSA) is 54.9 Å². The molecule has 24 heavy (non-hydrogen) atoms. The van der Waals surface area contributed by atoms with E-state index in [0.717, 1.165) is 36.0 Å². The quantitative estimate of drug-likeness (QED) is 0.655. The number of benzene rings is 2. The van der Waals surface area contributed by atoms with Crippen molar-refractivity contribution in [3.8, 4) is 11.5 Å². The van der Waals surface area contributed by atoms with E-state index in [-0.39, 0.29) is 0 Å². The van der Waals surface area contributed by atoms with Crippen LogP contribution >= 0.6 is 0 Å². The van der Waals surface area contributed by atoms with Crippen molar-refractivity contribution in [2.75, 3.05) is 20.4 Å². The normalized spacial score (nSPS) is 13.0. The maximum Gasteiger partial charge on any atom is 0.231 e. The molecule has 0 saturated heterocycles. The second kappa shape index (κ2) is 7.73. The van der Waals surface area contributed by atoms with E-state index in [1.54, 1.807) is 7.05 Å². The third-order valence-corrected chi connectivity index (χ3v) is 3.91. The van der Waals surface area contributed by atoms with Crippen LogP contribution in [0.4, 0.5) is 0 Å². The molecule has 0 bridgehead atoms. The minimum atomic E-state index is 0.300. The van der Waals surface area contributed by atoms with Crippen LogP contribution in [0, 0.1) is 6.92 Å². The van der Waals surface area contributed by atoms with Crippen molar-refractivity contribution in [1.82, 2.24) is 10.6 Å². The highest BCUT2D eigenvalue weighted by atomic mass is 16.7. The largest absolute Gasteiger partial charge is 0.454 e. The first-order chi connectivity index (χ1) is 11.7. The standard InChI is InChI=1S/C19H23N3O2/c1-14-4-3-5-15(10-14)8-9-21-19(20-2)22-12-16-6-7-17-18(11-16)24-13-23-17/h3-7,10-11H,8-9,12-13H2,1-2H3,(H2,20,21,22). The van der Waals surface area contributed by atoms with E-state index in [2.05, 4.69) is 46.8 Å². The summed E-state index contributed by atoms with van der Waals surface area (Å²) in [6, 6.07) is 14.5. The lowest BCUT2D eigenvalue weighted by molar-refractivity contribution is 0.174. The van der Waals surface area contributed by atoms with Crippen molar-refractivity contribution in [2.45, 2.75) is 19.9 Å². The molecule has 0 saturated carbocycles. The fourth-order valence-corrected chi connectivity index (χ4v) is 2.65. The summed E-state index contributed by atoms with van der Waals surface area (Å²) in [6.07, 6.45) is 0.965. The number of ether oxygens (including phenoxy) is 2. The predicted molar refractivity (Wildman–Crippen MR) is 95.6 cm³/mol. The Morgan fingerprint density at radius 3 is 2.75 bits per heavy atom. The Morgan fingerprint density at radius 1 is 1.04 bits per heavy atom. The van der Waals surface area contributed by atoms with Gasteiger partial charge in [-0.25, -0.2) is 0 Å². The molecule has 0 amide bonds. The molecule has 126 valence electrons. The van der Waals surface area contributed by atoms with E-state index >= 15 is 0 Å². The Morgan fingerprint density at radius 2 is 1.92 bits per heavy atom. The maximum atomic E-state index is 5.40. The summed E-state index contributed by atoms with van der Waals surface area (Å²) in [4.78, 5) is 4.26. The molecule has 0 radical (unpaired) electrons. The van der Waals surface area contributed by atoms with Crippen molar-refractivity contribution in [3.05, 3.63) is 59.2 Å². The van der Waals surface area contributed by atoms with Gasteiger partial charge in [0.2, 0.25) is 6.79 Å². The lowest BCUT2D eigenvalue weighted by Gasteiger charge is -2.12. The summed E-state index contributed by atoms with van der Waals surface area (Å²) >= 11 is 0. The van der Waals surface area contributed by atoms with Gasteiger partial charge in [-0.1, -0.05) is 35.9 Å². The Bertz CT molecular complexity index is 728. The zero-order valence-electron chi connectivity index (χ0n) is 14.1. The molecule has 1 heterocycles. The predicted octanol–water partition coefficient (Wildman–Crippen LogP) is 2.63. The monoisotopic (exact) mass is 325 g/mol. The van der Waals surface area contributed by atoms with Gasteiger partial charge in [0.15, 0.2) is 17.5 Å². The fraction of sp³-hybridized carbons (Fsp3) is 0.316. The van der Waals surface area contributed by atoms with Gasteiger partial charge in [0.1, 0.15) is 0 Å². The number of aryl methyl sites for hydroxylation is 1. The van der Waals surface area contributed by atoms with Crippen molar-refractivity contribution < 1.29 is 9.47 Å². The second-order valence-electron chi connectivity index (χ2n) is 5.78. The number of guanidine groups is 1. The number of aliphatic imine (C=N–C) groups is 1. The van der Waals surface area contributed by atoms with E-state index in [0.29, 0.717) is 13.3 Å². The summed E-state index contributed by atoms with van der Waals surface area (Å²) in [6.45, 7) is 3.93. The molecule has 0 unspecified atom stereocenters. The van der Waals surface area contributed by atoms with Crippen LogP contribution in [0.1, 0.15) is 16.7 Å². The molecule has 0 aromatic heterocycles. The molecule has 5 heteroatoms. The van der Waals surface area contributed by atoms with Crippen LogP contribution in [0.5, 0.6) is 11.5 Å². The van der Waals surface area contributed by atoms with Crippen LogP contribution in [-0.2, 0) is 13.0 Å². The average molecular weight is 325 g/mol. The smallest absolute Gasteiger partial charge is 0.231 e. The molecule has 0 aliphatic carbocycles. The SMILES string of the molecule is CN=C(NCCc1cccc(C)c1)NCc1ccc2c(c1)OCO2. The van der Waals surface area contributed by atoms with Gasteiger partial charge in [0.05, 0.1) is 0 Å². The van der Waals surface area contributed by atoms with E-state index in [9.17, 15) is 0 Å². The number of rotatable bonds is 5. The molecule has 3 rings (SSSR count). The fourth-order valence-electron chi connectivity index (χ4n) is 2.65. The number of hydrogen-bond acceptors (Lipinski definition) is 3. The third kappa shape index (κ3) is 4.19. The minimum Gasteiger partial charge on any atom is -0.454 e. The van der Waals surface area contributed by atoms with E-state index in [4.69, 9.17) is 9.47 Å². The molecule has 0 spiro atoms. The molecular weight excluding hydrogens is 302 g/mol. The highest BCUT2D eigenvalue weighted by Crippen LogP contribution is 2.32. The molecule has 2 aromatic carbocycles. The van der Waals surface area contributed by atoms with Crippen LogP contribution < -0.4 is 20.1 Å². The van der Waals surface area contributed by atoms with Gasteiger partial charge in [0, 0.05) is 20.1 Å². The van der Waals surface area contributed by atoms with E-state index < -0.39 is 0 Å². The number of hydrogen-bond donors (Lipinski definition) is 2. The Hall–Kier alpha value is -2.69. The van der Waals surface area contributed by atoms with Gasteiger partial charge in [-0.15, -0.1) is 0 Å². The van der Waals surface area contributed by atoms with E-state index in [1.165, 1.54) is 11.1 Å². The van der Waals surface area contributed by atoms with Crippen LogP contribution in [0.2, 0.25) is 0 Å². The van der Waals surface area contributed by atoms with Gasteiger partial charge in [-0.2, -0.15) is 0 Å². The van der Waals surface area contributed by atoms with E-state index in [1.807, 2.05) is 18.2 Å². The zero-order valence-corrected chi connectivity index (χ0v) is 14.1. The van der Waals surface area contributed by atoms with Gasteiger partial charge >= 0.3 is 0 Å². The Balaban J connectivity index is 1.47. The summed E-state index contributed by atoms with van der Waals surface area (Å²) in [7, 11) is 1.78. The summed E-state index contributed by atoms with van der Waals surface area (Å²) in [5.74, 6) is 2.40. The molecule has 2 N–H and O–H groups in total. The van der Waals surface area contributed by atoms with Crippen LogP contribution in [0.25, 0.3) is 0 Å². The highest BCUT2D eigenvalue weighted by molar-refractivity contribution is 5.79. The van der Waals surface area contributed by atoms with Crippen LogP contribution in [0.3, 0.4) is 0 Å². The van der Waals surface area contributed by atoms with Crippen LogP contribution in [0.15, 0.2) is 47.5 Å². The number of nitrogens with one attached hydrogen (secondary N) is 2. The first-order valence-electron chi connectivity index (χ1n) is 8.13. The molecule has 1 aliphatic rings. The van der Waals surface area contributed by atoms with Gasteiger partial charge in [0.25, 0.3) is 0 Å². The van der Waals surface area contributed by atoms with Gasteiger partial charge < -0.3 is 20.1 Å². The first-order valence-corrected chi connectivity index (χ1v) is 8.13. The van der Waals surface area contributed by atoms with Crippen molar-refractivity contribution >= 4 is 5.96 Å². The molecule has 0 atom stereocenters. The second-order valence-corrected chi connectivity index (χ2v) is 5.78. The lowest BCUT2D eigenvalue weighted by atomic mass is 10.1. The van der Waals surface area contributed by atoms with Crippen molar-refractivity contribution in [1.29, 1.82) is 0 Å². The van der Waals surface area contributed by atoms with Crippen LogP contribution in [-0.4, -0.2) is 26.3 Å². The first kappa shape index (κ1) is 16.2.